The molecule has 0 saturated carbocycles. The predicted octanol–water partition coefficient (Wildman–Crippen LogP) is 1.63. The van der Waals surface area contributed by atoms with Gasteiger partial charge in [0.2, 0.25) is 5.91 Å². The number of hydrogen-bond acceptors (Lipinski definition) is 5. The number of hydrogen-bond donors (Lipinski definition) is 0. The van der Waals surface area contributed by atoms with Crippen molar-refractivity contribution in [2.75, 3.05) is 38.2 Å². The normalized spacial score (nSPS) is 14.7. The van der Waals surface area contributed by atoms with E-state index >= 15 is 0 Å². The first kappa shape index (κ1) is 16.4. The molecule has 3 aromatic rings. The summed E-state index contributed by atoms with van der Waals surface area (Å²) in [6.07, 6.45) is 3.97. The van der Waals surface area contributed by atoms with Crippen LogP contribution >= 0.6 is 0 Å². The number of carbonyl (C=O) groups is 1. The Labute approximate surface area is 151 Å². The molecule has 0 unspecified atom stereocenters. The largest absolute Gasteiger partial charge is 0.497 e. The van der Waals surface area contributed by atoms with Gasteiger partial charge in [0.05, 0.1) is 19.7 Å². The zero-order valence-corrected chi connectivity index (χ0v) is 14.7. The lowest BCUT2D eigenvalue weighted by atomic mass is 10.1. The molecule has 0 bridgehead atoms. The number of methoxy groups -OCH3 is 1. The average Bonchev–Trinajstić information content (AvgIpc) is 3.17. The third-order valence-corrected chi connectivity index (χ3v) is 4.74. The van der Waals surface area contributed by atoms with E-state index in [-0.39, 0.29) is 5.91 Å². The molecule has 1 fully saturated rings. The lowest BCUT2D eigenvalue weighted by Gasteiger charge is -2.36. The maximum absolute atomic E-state index is 12.6. The Morgan fingerprint density at radius 1 is 1.04 bits per heavy atom. The summed E-state index contributed by atoms with van der Waals surface area (Å²) in [5, 5.41) is 4.34. The van der Waals surface area contributed by atoms with Crippen LogP contribution in [0.25, 0.3) is 5.65 Å². The monoisotopic (exact) mass is 351 g/mol. The van der Waals surface area contributed by atoms with E-state index in [1.54, 1.807) is 19.5 Å². The van der Waals surface area contributed by atoms with Crippen LogP contribution in [0.4, 0.5) is 5.82 Å². The number of nitrogens with zero attached hydrogens (tertiary/aromatic N) is 5. The van der Waals surface area contributed by atoms with Crippen LogP contribution in [0, 0.1) is 0 Å². The van der Waals surface area contributed by atoms with E-state index in [2.05, 4.69) is 15.0 Å². The minimum Gasteiger partial charge on any atom is -0.497 e. The topological polar surface area (TPSA) is 63.0 Å². The molecule has 1 saturated heterocycles. The molecule has 0 aliphatic carbocycles. The number of ether oxygens (including phenoxy) is 1. The summed E-state index contributed by atoms with van der Waals surface area (Å²) in [6, 6.07) is 11.5. The quantitative estimate of drug-likeness (QED) is 0.715. The maximum atomic E-state index is 12.6. The van der Waals surface area contributed by atoms with Gasteiger partial charge in [-0.25, -0.2) is 4.98 Å². The van der Waals surface area contributed by atoms with Gasteiger partial charge in [-0.3, -0.25) is 4.79 Å². The first-order chi connectivity index (χ1) is 12.7. The molecule has 0 atom stereocenters. The number of piperazine rings is 1. The van der Waals surface area contributed by atoms with E-state index in [1.807, 2.05) is 45.8 Å². The van der Waals surface area contributed by atoms with Crippen LogP contribution in [-0.4, -0.2) is 58.7 Å². The van der Waals surface area contributed by atoms with Crippen molar-refractivity contribution < 1.29 is 9.53 Å². The fraction of sp³-hybridized carbons (Fsp3) is 0.316. The van der Waals surface area contributed by atoms with E-state index in [9.17, 15) is 4.79 Å². The Bertz CT molecular complexity index is 898. The van der Waals surface area contributed by atoms with Gasteiger partial charge in [-0.05, 0) is 23.8 Å². The summed E-state index contributed by atoms with van der Waals surface area (Å²) in [5.41, 5.74) is 1.84. The van der Waals surface area contributed by atoms with E-state index in [0.29, 0.717) is 19.5 Å². The average molecular weight is 351 g/mol. The number of fused-ring (bicyclic) bond motifs is 1. The zero-order chi connectivity index (χ0) is 17.9. The molecule has 1 amide bonds. The number of amides is 1. The summed E-state index contributed by atoms with van der Waals surface area (Å²) in [4.78, 5) is 21.1. The van der Waals surface area contributed by atoms with E-state index < -0.39 is 0 Å². The summed E-state index contributed by atoms with van der Waals surface area (Å²) in [6.45, 7) is 2.99. The van der Waals surface area contributed by atoms with Crippen molar-refractivity contribution in [3.8, 4) is 5.75 Å². The van der Waals surface area contributed by atoms with Crippen LogP contribution in [0.15, 0.2) is 48.8 Å². The molecule has 4 rings (SSSR count). The van der Waals surface area contributed by atoms with Crippen molar-refractivity contribution in [1.82, 2.24) is 19.5 Å². The van der Waals surface area contributed by atoms with Crippen molar-refractivity contribution in [3.05, 3.63) is 54.4 Å². The van der Waals surface area contributed by atoms with Crippen LogP contribution in [0.3, 0.4) is 0 Å². The molecule has 26 heavy (non-hydrogen) atoms. The highest BCUT2D eigenvalue weighted by Crippen LogP contribution is 2.18. The van der Waals surface area contributed by atoms with Crippen molar-refractivity contribution >= 4 is 17.4 Å². The van der Waals surface area contributed by atoms with Gasteiger partial charge in [-0.1, -0.05) is 12.1 Å². The van der Waals surface area contributed by atoms with Crippen molar-refractivity contribution in [1.29, 1.82) is 0 Å². The third-order valence-electron chi connectivity index (χ3n) is 4.74. The second-order valence-corrected chi connectivity index (χ2v) is 6.30. The number of rotatable bonds is 4. The molecule has 7 heteroatoms. The Morgan fingerprint density at radius 3 is 2.54 bits per heavy atom. The molecule has 1 aliphatic rings. The van der Waals surface area contributed by atoms with Gasteiger partial charge in [0.25, 0.3) is 0 Å². The molecule has 0 N–H and O–H groups in total. The molecule has 3 heterocycles. The molecule has 7 nitrogen and oxygen atoms in total. The highest BCUT2D eigenvalue weighted by atomic mass is 16.5. The molecule has 0 spiro atoms. The van der Waals surface area contributed by atoms with Crippen LogP contribution in [-0.2, 0) is 11.2 Å². The van der Waals surface area contributed by atoms with Gasteiger partial charge < -0.3 is 14.5 Å². The SMILES string of the molecule is COc1ccc(CC(=O)N2CCN(c3ccnc4ccnn34)CC2)cc1. The molecule has 2 aromatic heterocycles. The highest BCUT2D eigenvalue weighted by Gasteiger charge is 2.22. The third kappa shape index (κ3) is 3.20. The van der Waals surface area contributed by atoms with Gasteiger partial charge in [-0.2, -0.15) is 9.61 Å². The van der Waals surface area contributed by atoms with Gasteiger partial charge in [0.1, 0.15) is 11.6 Å². The standard InChI is InChI=1S/C19H21N5O2/c1-26-16-4-2-15(3-5-16)14-19(25)23-12-10-22(11-13-23)18-7-8-20-17-6-9-21-24(17)18/h2-9H,10-14H2,1H3. The van der Waals surface area contributed by atoms with E-state index in [1.165, 1.54) is 0 Å². The summed E-state index contributed by atoms with van der Waals surface area (Å²) in [5.74, 6) is 1.98. The number of aromatic nitrogens is 3. The minimum absolute atomic E-state index is 0.161. The minimum atomic E-state index is 0.161. The number of anilines is 1. The fourth-order valence-electron chi connectivity index (χ4n) is 3.28. The van der Waals surface area contributed by atoms with E-state index in [0.717, 1.165) is 35.9 Å². The van der Waals surface area contributed by atoms with Gasteiger partial charge in [0.15, 0.2) is 5.65 Å². The summed E-state index contributed by atoms with van der Waals surface area (Å²) < 4.78 is 7.00. The predicted molar refractivity (Wildman–Crippen MR) is 98.5 cm³/mol. The van der Waals surface area contributed by atoms with Crippen molar-refractivity contribution in [2.45, 2.75) is 6.42 Å². The first-order valence-corrected chi connectivity index (χ1v) is 8.69. The highest BCUT2D eigenvalue weighted by molar-refractivity contribution is 5.79. The molecule has 0 radical (unpaired) electrons. The first-order valence-electron chi connectivity index (χ1n) is 8.69. The van der Waals surface area contributed by atoms with Crippen molar-refractivity contribution in [3.63, 3.8) is 0 Å². The van der Waals surface area contributed by atoms with Crippen molar-refractivity contribution in [2.24, 2.45) is 0 Å². The Morgan fingerprint density at radius 2 is 1.81 bits per heavy atom. The summed E-state index contributed by atoms with van der Waals surface area (Å²) >= 11 is 0. The second-order valence-electron chi connectivity index (χ2n) is 6.30. The maximum Gasteiger partial charge on any atom is 0.227 e. The molecule has 134 valence electrons. The lowest BCUT2D eigenvalue weighted by Crippen LogP contribution is -2.49. The summed E-state index contributed by atoms with van der Waals surface area (Å²) in [7, 11) is 1.64. The Kier molecular flexibility index (Phi) is 4.43. The Balaban J connectivity index is 1.38. The van der Waals surface area contributed by atoms with Gasteiger partial charge in [0, 0.05) is 38.4 Å². The fourth-order valence-corrected chi connectivity index (χ4v) is 3.28. The molecule has 1 aliphatic heterocycles. The van der Waals surface area contributed by atoms with Crippen LogP contribution in [0.5, 0.6) is 5.75 Å². The smallest absolute Gasteiger partial charge is 0.227 e. The zero-order valence-electron chi connectivity index (χ0n) is 14.7. The van der Waals surface area contributed by atoms with Crippen LogP contribution in [0.2, 0.25) is 0 Å². The van der Waals surface area contributed by atoms with Gasteiger partial charge >= 0.3 is 0 Å². The molecule has 1 aromatic carbocycles. The molecular formula is C19H21N5O2. The van der Waals surface area contributed by atoms with Crippen LogP contribution in [0.1, 0.15) is 5.56 Å². The van der Waals surface area contributed by atoms with E-state index in [4.69, 9.17) is 4.74 Å². The van der Waals surface area contributed by atoms with Crippen LogP contribution < -0.4 is 9.64 Å². The Hall–Kier alpha value is -3.09. The lowest BCUT2D eigenvalue weighted by molar-refractivity contribution is -0.130. The number of carbonyl (C=O) groups excluding carboxylic acids is 1. The van der Waals surface area contributed by atoms with Gasteiger partial charge in [-0.15, -0.1) is 0 Å². The second kappa shape index (κ2) is 7.03. The molecular weight excluding hydrogens is 330 g/mol. The number of benzene rings is 1.